The van der Waals surface area contributed by atoms with Crippen LogP contribution in [0, 0.1) is 0 Å². The van der Waals surface area contributed by atoms with E-state index in [2.05, 4.69) is 256 Å². The van der Waals surface area contributed by atoms with Crippen LogP contribution in [0.25, 0.3) is 121 Å². The summed E-state index contributed by atoms with van der Waals surface area (Å²) in [5.74, 6) is 0. The summed E-state index contributed by atoms with van der Waals surface area (Å²) in [6.07, 6.45) is 1.03. The van der Waals surface area contributed by atoms with E-state index in [0.717, 1.165) is 6.42 Å². The van der Waals surface area contributed by atoms with Crippen molar-refractivity contribution in [2.45, 2.75) is 13.3 Å². The van der Waals surface area contributed by atoms with Crippen molar-refractivity contribution in [3.05, 3.63) is 254 Å². The van der Waals surface area contributed by atoms with Crippen LogP contribution in [0.3, 0.4) is 0 Å². The normalized spacial score (nSPS) is 11.5. The SMILES string of the molecule is CCc1ccc(-c2c3ccccc3c(-c3ccc4ccc5ccc(-c6cc(-c7ccccc7)cc(-c7cc(-c8ccccc8)cc(-c8ccccc8)c7)c6)cc5c4c3)c3ccccc23)cc1. The predicted octanol–water partition coefficient (Wildman–Crippen LogP) is 18.5. The van der Waals surface area contributed by atoms with Crippen molar-refractivity contribution in [1.29, 1.82) is 0 Å². The molecular weight excluding hydrogens is 793 g/mol. The molecule has 0 saturated carbocycles. The Morgan fingerprint density at radius 2 is 0.515 bits per heavy atom. The summed E-state index contributed by atoms with van der Waals surface area (Å²) in [5.41, 5.74) is 18.4. The van der Waals surface area contributed by atoms with Crippen molar-refractivity contribution < 1.29 is 0 Å². The molecule has 0 amide bonds. The van der Waals surface area contributed by atoms with Gasteiger partial charge >= 0.3 is 0 Å². The number of hydrogen-bond acceptors (Lipinski definition) is 0. The van der Waals surface area contributed by atoms with Crippen LogP contribution in [0.15, 0.2) is 249 Å². The third-order valence-electron chi connectivity index (χ3n) is 13.6. The number of rotatable bonds is 8. The smallest absolute Gasteiger partial charge is 0.00261 e. The first kappa shape index (κ1) is 39.3. The van der Waals surface area contributed by atoms with Gasteiger partial charge < -0.3 is 0 Å². The summed E-state index contributed by atoms with van der Waals surface area (Å²) in [7, 11) is 0. The minimum atomic E-state index is 1.03. The second-order valence-corrected chi connectivity index (χ2v) is 17.5. The number of hydrogen-bond donors (Lipinski definition) is 0. The Morgan fingerprint density at radius 3 is 0.924 bits per heavy atom. The first-order valence-corrected chi connectivity index (χ1v) is 23.1. The lowest BCUT2D eigenvalue weighted by Gasteiger charge is -2.18. The van der Waals surface area contributed by atoms with Gasteiger partial charge in [0.2, 0.25) is 0 Å². The molecular formula is C66H46. The van der Waals surface area contributed by atoms with Crippen LogP contribution in [0.2, 0.25) is 0 Å². The van der Waals surface area contributed by atoms with Gasteiger partial charge in [0.25, 0.3) is 0 Å². The van der Waals surface area contributed by atoms with Gasteiger partial charge in [-0.2, -0.15) is 0 Å². The van der Waals surface area contributed by atoms with Crippen LogP contribution in [0.5, 0.6) is 0 Å². The van der Waals surface area contributed by atoms with Gasteiger partial charge in [-0.15, -0.1) is 0 Å². The van der Waals surface area contributed by atoms with Gasteiger partial charge in [-0.05, 0) is 181 Å². The molecule has 66 heavy (non-hydrogen) atoms. The van der Waals surface area contributed by atoms with E-state index < -0.39 is 0 Å². The number of aryl methyl sites for hydroxylation is 1. The van der Waals surface area contributed by atoms with Crippen molar-refractivity contribution in [1.82, 2.24) is 0 Å². The highest BCUT2D eigenvalue weighted by atomic mass is 14.2. The standard InChI is InChI=1S/C66H46/c1-2-44-26-28-50(29-27-44)65-59-22-12-14-24-61(59)66(62-25-15-13-23-60(62)65)52-35-33-49-31-30-48-32-34-51(42-63(48)64(49)43-52)56-37-55(47-20-10-5-11-21-47)40-58(41-56)57-38-53(45-16-6-3-7-17-45)36-54(39-57)46-18-8-4-9-19-46/h3-43H,2H2,1H3. The van der Waals surface area contributed by atoms with Crippen molar-refractivity contribution in [3.63, 3.8) is 0 Å². The van der Waals surface area contributed by atoms with Crippen molar-refractivity contribution in [3.8, 4) is 77.9 Å². The van der Waals surface area contributed by atoms with Crippen molar-refractivity contribution in [2.24, 2.45) is 0 Å². The molecule has 0 spiro atoms. The molecule has 0 N–H and O–H groups in total. The largest absolute Gasteiger partial charge is 0.0622 e. The minimum Gasteiger partial charge on any atom is -0.0622 e. The minimum absolute atomic E-state index is 1.03. The fraction of sp³-hybridized carbons (Fsp3) is 0.0303. The maximum Gasteiger partial charge on any atom is -0.00261 e. The monoisotopic (exact) mass is 838 g/mol. The second-order valence-electron chi connectivity index (χ2n) is 17.5. The van der Waals surface area contributed by atoms with E-state index in [1.807, 2.05) is 0 Å². The van der Waals surface area contributed by atoms with Crippen LogP contribution < -0.4 is 0 Å². The number of benzene rings is 12. The topological polar surface area (TPSA) is 0 Å². The molecule has 0 saturated heterocycles. The van der Waals surface area contributed by atoms with Crippen LogP contribution in [0.1, 0.15) is 12.5 Å². The molecule has 0 heteroatoms. The Kier molecular flexibility index (Phi) is 9.92. The van der Waals surface area contributed by atoms with E-state index in [9.17, 15) is 0 Å². The molecule has 0 fully saturated rings. The summed E-state index contributed by atoms with van der Waals surface area (Å²) in [6.45, 7) is 2.22. The third kappa shape index (κ3) is 7.14. The second kappa shape index (κ2) is 16.7. The molecule has 0 aromatic heterocycles. The fourth-order valence-corrected chi connectivity index (χ4v) is 10.2. The third-order valence-corrected chi connectivity index (χ3v) is 13.6. The Bertz CT molecular complexity index is 3640. The molecule has 0 heterocycles. The Labute approximate surface area is 386 Å². The van der Waals surface area contributed by atoms with Crippen molar-refractivity contribution in [2.75, 3.05) is 0 Å². The molecule has 0 bridgehead atoms. The van der Waals surface area contributed by atoms with E-state index in [0.29, 0.717) is 0 Å². The van der Waals surface area contributed by atoms with E-state index >= 15 is 0 Å². The van der Waals surface area contributed by atoms with Crippen LogP contribution >= 0.6 is 0 Å². The quantitative estimate of drug-likeness (QED) is 0.106. The molecule has 0 radical (unpaired) electrons. The van der Waals surface area contributed by atoms with E-state index in [4.69, 9.17) is 0 Å². The maximum absolute atomic E-state index is 2.44. The molecule has 0 nitrogen and oxygen atoms in total. The summed E-state index contributed by atoms with van der Waals surface area (Å²) in [5, 5.41) is 10.0. The molecule has 0 aliphatic heterocycles. The Hall–Kier alpha value is -8.32. The lowest BCUT2D eigenvalue weighted by Crippen LogP contribution is -1.91. The zero-order valence-corrected chi connectivity index (χ0v) is 36.9. The van der Waals surface area contributed by atoms with Gasteiger partial charge in [-0.1, -0.05) is 207 Å². The first-order chi connectivity index (χ1) is 32.6. The molecule has 12 rings (SSSR count). The van der Waals surface area contributed by atoms with Gasteiger partial charge in [-0.3, -0.25) is 0 Å². The van der Waals surface area contributed by atoms with E-state index in [1.165, 1.54) is 127 Å². The fourth-order valence-electron chi connectivity index (χ4n) is 10.2. The predicted molar refractivity (Wildman–Crippen MR) is 284 cm³/mol. The highest BCUT2D eigenvalue weighted by molar-refractivity contribution is 6.22. The van der Waals surface area contributed by atoms with Gasteiger partial charge in [0.1, 0.15) is 0 Å². The lowest BCUT2D eigenvalue weighted by atomic mass is 9.85. The molecule has 0 aliphatic carbocycles. The average molecular weight is 839 g/mol. The maximum atomic E-state index is 2.44. The molecule has 310 valence electrons. The Morgan fingerprint density at radius 1 is 0.212 bits per heavy atom. The van der Waals surface area contributed by atoms with E-state index in [1.54, 1.807) is 0 Å². The molecule has 12 aromatic rings. The van der Waals surface area contributed by atoms with Gasteiger partial charge in [0.05, 0.1) is 0 Å². The highest BCUT2D eigenvalue weighted by Crippen LogP contribution is 2.45. The number of fused-ring (bicyclic) bond motifs is 5. The summed E-state index contributed by atoms with van der Waals surface area (Å²) in [6, 6.07) is 92.2. The summed E-state index contributed by atoms with van der Waals surface area (Å²) >= 11 is 0. The van der Waals surface area contributed by atoms with Gasteiger partial charge in [-0.25, -0.2) is 0 Å². The molecule has 12 aromatic carbocycles. The van der Waals surface area contributed by atoms with Gasteiger partial charge in [0, 0.05) is 0 Å². The molecule has 0 unspecified atom stereocenters. The van der Waals surface area contributed by atoms with Crippen LogP contribution in [-0.2, 0) is 6.42 Å². The highest BCUT2D eigenvalue weighted by Gasteiger charge is 2.18. The van der Waals surface area contributed by atoms with Crippen molar-refractivity contribution >= 4 is 43.1 Å². The van der Waals surface area contributed by atoms with Crippen LogP contribution in [0.4, 0.5) is 0 Å². The van der Waals surface area contributed by atoms with Crippen LogP contribution in [-0.4, -0.2) is 0 Å². The Balaban J connectivity index is 1.05. The molecule has 0 atom stereocenters. The van der Waals surface area contributed by atoms with E-state index in [-0.39, 0.29) is 0 Å². The van der Waals surface area contributed by atoms with Gasteiger partial charge in [0.15, 0.2) is 0 Å². The first-order valence-electron chi connectivity index (χ1n) is 23.1. The lowest BCUT2D eigenvalue weighted by molar-refractivity contribution is 1.14. The zero-order chi connectivity index (χ0) is 44.0. The average Bonchev–Trinajstić information content (AvgIpc) is 3.40. The molecule has 0 aliphatic rings. The summed E-state index contributed by atoms with van der Waals surface area (Å²) in [4.78, 5) is 0. The zero-order valence-electron chi connectivity index (χ0n) is 36.9. The summed E-state index contributed by atoms with van der Waals surface area (Å²) < 4.78 is 0.